The third kappa shape index (κ3) is 5.46. The number of alkyl halides is 3. The number of nitrogens with one attached hydrogen (secondary N) is 1. The molecule has 154 valence electrons. The molecule has 1 aromatic heterocycles. The van der Waals surface area contributed by atoms with Crippen molar-refractivity contribution in [3.63, 3.8) is 0 Å². The number of ether oxygens (including phenoxy) is 1. The Balaban J connectivity index is 1.73. The Morgan fingerprint density at radius 1 is 1.10 bits per heavy atom. The minimum atomic E-state index is -4.54. The summed E-state index contributed by atoms with van der Waals surface area (Å²) in [6.45, 7) is 0.761. The first-order valence-electron chi connectivity index (χ1n) is 9.19. The molecule has 1 aliphatic rings. The quantitative estimate of drug-likeness (QED) is 0.762. The number of aromatic nitrogens is 1. The fraction of sp³-hybridized carbons (Fsp3) is 0.350. The second kappa shape index (κ2) is 8.93. The smallest absolute Gasteiger partial charge is 0.416 e. The monoisotopic (exact) mass is 407 g/mol. The van der Waals surface area contributed by atoms with E-state index < -0.39 is 30.2 Å². The Morgan fingerprint density at radius 3 is 2.52 bits per heavy atom. The van der Waals surface area contributed by atoms with Crippen LogP contribution in [0.4, 0.5) is 24.5 Å². The molecule has 1 amide bonds. The average molecular weight is 407 g/mol. The maximum absolute atomic E-state index is 13.1. The highest BCUT2D eigenvalue weighted by Crippen LogP contribution is 2.36. The topological polar surface area (TPSA) is 71.5 Å². The molecule has 2 aromatic rings. The van der Waals surface area contributed by atoms with Gasteiger partial charge in [-0.15, -0.1) is 0 Å². The molecular formula is C20H20F3N3O3. The van der Waals surface area contributed by atoms with Crippen LogP contribution in [0.15, 0.2) is 42.6 Å². The van der Waals surface area contributed by atoms with E-state index in [0.717, 1.165) is 31.4 Å². The van der Waals surface area contributed by atoms with Gasteiger partial charge in [-0.05, 0) is 49.6 Å². The second-order valence-electron chi connectivity index (χ2n) is 6.62. The largest absolute Gasteiger partial charge is 0.451 e. The van der Waals surface area contributed by atoms with Crippen LogP contribution < -0.4 is 10.2 Å². The van der Waals surface area contributed by atoms with E-state index in [9.17, 15) is 22.8 Å². The Kier molecular flexibility index (Phi) is 6.36. The van der Waals surface area contributed by atoms with E-state index in [1.165, 1.54) is 18.3 Å². The molecule has 1 aliphatic heterocycles. The van der Waals surface area contributed by atoms with E-state index >= 15 is 0 Å². The Bertz CT molecular complexity index is 866. The van der Waals surface area contributed by atoms with E-state index in [1.807, 2.05) is 4.90 Å². The van der Waals surface area contributed by atoms with Crippen LogP contribution in [0.2, 0.25) is 0 Å². The van der Waals surface area contributed by atoms with Gasteiger partial charge in [0.1, 0.15) is 5.69 Å². The van der Waals surface area contributed by atoms with Crippen LogP contribution in [-0.2, 0) is 15.7 Å². The first-order chi connectivity index (χ1) is 13.8. The number of hydrogen-bond donors (Lipinski definition) is 1. The molecule has 0 atom stereocenters. The summed E-state index contributed by atoms with van der Waals surface area (Å²) in [5, 5.41) is 2.45. The molecule has 0 saturated carbocycles. The van der Waals surface area contributed by atoms with E-state index in [0.29, 0.717) is 18.8 Å². The SMILES string of the molecule is O=C(COC(=O)c1ccccn1)Nc1cc(C(F)(F)F)ccc1N1CCCCC1. The van der Waals surface area contributed by atoms with Gasteiger partial charge in [-0.2, -0.15) is 13.2 Å². The number of carbonyl (C=O) groups excluding carboxylic acids is 2. The molecular weight excluding hydrogens is 387 g/mol. The minimum absolute atomic E-state index is 0.0355. The third-order valence-electron chi connectivity index (χ3n) is 4.50. The van der Waals surface area contributed by atoms with Crippen molar-refractivity contribution >= 4 is 23.3 Å². The van der Waals surface area contributed by atoms with Crippen LogP contribution in [0, 0.1) is 0 Å². The molecule has 0 radical (unpaired) electrons. The van der Waals surface area contributed by atoms with Crippen molar-refractivity contribution in [2.24, 2.45) is 0 Å². The van der Waals surface area contributed by atoms with Gasteiger partial charge in [-0.25, -0.2) is 9.78 Å². The Morgan fingerprint density at radius 2 is 1.86 bits per heavy atom. The number of carbonyl (C=O) groups is 2. The molecule has 29 heavy (non-hydrogen) atoms. The highest BCUT2D eigenvalue weighted by Gasteiger charge is 2.32. The molecule has 9 heteroatoms. The molecule has 0 spiro atoms. The van der Waals surface area contributed by atoms with E-state index in [2.05, 4.69) is 10.3 Å². The number of benzene rings is 1. The van der Waals surface area contributed by atoms with E-state index in [4.69, 9.17) is 4.74 Å². The number of amides is 1. The number of hydrogen-bond acceptors (Lipinski definition) is 5. The summed E-state index contributed by atoms with van der Waals surface area (Å²) in [4.78, 5) is 29.9. The summed E-state index contributed by atoms with van der Waals surface area (Å²) in [5.74, 6) is -1.52. The minimum Gasteiger partial charge on any atom is -0.451 e. The standard InChI is InChI=1S/C20H20F3N3O3/c21-20(22,23)14-7-8-17(26-10-4-1-5-11-26)16(12-14)25-18(27)13-29-19(28)15-6-2-3-9-24-15/h2-3,6-9,12H,1,4-5,10-11,13H2,(H,25,27). The van der Waals surface area contributed by atoms with E-state index in [1.54, 1.807) is 12.1 Å². The number of rotatable bonds is 5. The van der Waals surface area contributed by atoms with Gasteiger partial charge in [0.2, 0.25) is 0 Å². The fourth-order valence-electron chi connectivity index (χ4n) is 3.10. The highest BCUT2D eigenvalue weighted by atomic mass is 19.4. The predicted molar refractivity (Wildman–Crippen MR) is 101 cm³/mol. The van der Waals surface area contributed by atoms with Gasteiger partial charge in [0.15, 0.2) is 6.61 Å². The summed E-state index contributed by atoms with van der Waals surface area (Å²) in [6, 6.07) is 7.92. The van der Waals surface area contributed by atoms with Crippen molar-refractivity contribution in [3.8, 4) is 0 Å². The van der Waals surface area contributed by atoms with Crippen LogP contribution in [0.3, 0.4) is 0 Å². The van der Waals surface area contributed by atoms with Crippen LogP contribution in [-0.4, -0.2) is 36.6 Å². The molecule has 6 nitrogen and oxygen atoms in total. The number of esters is 1. The lowest BCUT2D eigenvalue weighted by Gasteiger charge is -2.31. The number of anilines is 2. The van der Waals surface area contributed by atoms with Crippen LogP contribution >= 0.6 is 0 Å². The molecule has 0 unspecified atom stereocenters. The van der Waals surface area contributed by atoms with Crippen molar-refractivity contribution in [1.29, 1.82) is 0 Å². The maximum atomic E-state index is 13.1. The van der Waals surface area contributed by atoms with Crippen molar-refractivity contribution in [2.75, 3.05) is 29.9 Å². The van der Waals surface area contributed by atoms with Crippen molar-refractivity contribution < 1.29 is 27.5 Å². The third-order valence-corrected chi connectivity index (χ3v) is 4.50. The van der Waals surface area contributed by atoms with E-state index in [-0.39, 0.29) is 11.4 Å². The molecule has 3 rings (SSSR count). The van der Waals surface area contributed by atoms with Crippen LogP contribution in [0.5, 0.6) is 0 Å². The zero-order chi connectivity index (χ0) is 20.9. The molecule has 0 aliphatic carbocycles. The Hall–Kier alpha value is -3.10. The average Bonchev–Trinajstić information content (AvgIpc) is 2.72. The maximum Gasteiger partial charge on any atom is 0.416 e. The molecule has 1 saturated heterocycles. The van der Waals surface area contributed by atoms with Crippen molar-refractivity contribution in [1.82, 2.24) is 4.98 Å². The summed E-state index contributed by atoms with van der Waals surface area (Å²) in [6.07, 6.45) is -0.218. The summed E-state index contributed by atoms with van der Waals surface area (Å²) in [7, 11) is 0. The van der Waals surface area contributed by atoms with Gasteiger partial charge in [0, 0.05) is 19.3 Å². The molecule has 1 fully saturated rings. The first kappa shape index (κ1) is 20.6. The van der Waals surface area contributed by atoms with Crippen molar-refractivity contribution in [2.45, 2.75) is 25.4 Å². The second-order valence-corrected chi connectivity index (χ2v) is 6.62. The number of halogens is 3. The molecule has 2 heterocycles. The fourth-order valence-corrected chi connectivity index (χ4v) is 3.10. The Labute approximate surface area is 165 Å². The van der Waals surface area contributed by atoms with Gasteiger partial charge in [0.05, 0.1) is 16.9 Å². The highest BCUT2D eigenvalue weighted by molar-refractivity contribution is 5.97. The van der Waals surface area contributed by atoms with Crippen LogP contribution in [0.1, 0.15) is 35.3 Å². The summed E-state index contributed by atoms with van der Waals surface area (Å²) < 4.78 is 44.3. The normalized spacial score (nSPS) is 14.4. The van der Waals surface area contributed by atoms with Crippen LogP contribution in [0.25, 0.3) is 0 Å². The van der Waals surface area contributed by atoms with Gasteiger partial charge < -0.3 is 15.0 Å². The first-order valence-corrected chi connectivity index (χ1v) is 9.19. The van der Waals surface area contributed by atoms with Gasteiger partial charge >= 0.3 is 12.1 Å². The number of piperidine rings is 1. The van der Waals surface area contributed by atoms with Gasteiger partial charge in [-0.1, -0.05) is 6.07 Å². The number of pyridine rings is 1. The van der Waals surface area contributed by atoms with Gasteiger partial charge in [0.25, 0.3) is 5.91 Å². The van der Waals surface area contributed by atoms with Crippen molar-refractivity contribution in [3.05, 3.63) is 53.9 Å². The number of nitrogens with zero attached hydrogens (tertiary/aromatic N) is 2. The lowest BCUT2D eigenvalue weighted by Crippen LogP contribution is -2.31. The zero-order valence-electron chi connectivity index (χ0n) is 15.5. The lowest BCUT2D eigenvalue weighted by atomic mass is 10.1. The molecule has 0 bridgehead atoms. The lowest BCUT2D eigenvalue weighted by molar-refractivity contribution is -0.137. The predicted octanol–water partition coefficient (Wildman–Crippen LogP) is 3.89. The molecule has 1 N–H and O–H groups in total. The zero-order valence-corrected chi connectivity index (χ0v) is 15.5. The summed E-state index contributed by atoms with van der Waals surface area (Å²) in [5.41, 5.74) is -0.268. The van der Waals surface area contributed by atoms with Gasteiger partial charge in [-0.3, -0.25) is 4.79 Å². The summed E-state index contributed by atoms with van der Waals surface area (Å²) >= 11 is 0. The molecule has 1 aromatic carbocycles.